The number of amides is 1. The number of sulfonamides is 1. The molecule has 0 aliphatic heterocycles. The van der Waals surface area contributed by atoms with Crippen LogP contribution in [0.15, 0.2) is 41.3 Å². The predicted octanol–water partition coefficient (Wildman–Crippen LogP) is 1.82. The van der Waals surface area contributed by atoms with Crippen molar-refractivity contribution in [2.75, 3.05) is 41.0 Å². The van der Waals surface area contributed by atoms with E-state index < -0.39 is 15.9 Å². The van der Waals surface area contributed by atoms with E-state index in [9.17, 15) is 13.2 Å². The van der Waals surface area contributed by atoms with Crippen LogP contribution >= 0.6 is 0 Å². The second-order valence-electron chi connectivity index (χ2n) is 5.97. The van der Waals surface area contributed by atoms with Crippen molar-refractivity contribution >= 4 is 15.9 Å². The van der Waals surface area contributed by atoms with Crippen LogP contribution in [0.5, 0.6) is 23.0 Å². The van der Waals surface area contributed by atoms with Gasteiger partial charge in [-0.3, -0.25) is 4.79 Å². The number of hydrogen-bond acceptors (Lipinski definition) is 7. The first-order valence-corrected chi connectivity index (χ1v) is 10.6. The first-order chi connectivity index (χ1) is 14.4. The van der Waals surface area contributed by atoms with Crippen molar-refractivity contribution in [2.24, 2.45) is 0 Å². The van der Waals surface area contributed by atoms with E-state index >= 15 is 0 Å². The van der Waals surface area contributed by atoms with Gasteiger partial charge in [0.2, 0.25) is 15.8 Å². The maximum Gasteiger partial charge on any atom is 0.251 e. The molecule has 1 amide bonds. The highest BCUT2D eigenvalue weighted by molar-refractivity contribution is 7.89. The van der Waals surface area contributed by atoms with Gasteiger partial charge in [-0.1, -0.05) is 0 Å². The van der Waals surface area contributed by atoms with Gasteiger partial charge in [-0.25, -0.2) is 13.1 Å². The Morgan fingerprint density at radius 1 is 0.933 bits per heavy atom. The van der Waals surface area contributed by atoms with Crippen molar-refractivity contribution in [1.29, 1.82) is 0 Å². The molecule has 10 heteroatoms. The third-order valence-electron chi connectivity index (χ3n) is 4.07. The van der Waals surface area contributed by atoms with E-state index in [4.69, 9.17) is 18.9 Å². The Morgan fingerprint density at radius 3 is 2.03 bits per heavy atom. The van der Waals surface area contributed by atoms with Crippen molar-refractivity contribution in [1.82, 2.24) is 10.0 Å². The molecule has 2 N–H and O–H groups in total. The molecule has 0 bridgehead atoms. The number of ether oxygens (including phenoxy) is 4. The summed E-state index contributed by atoms with van der Waals surface area (Å²) in [5, 5.41) is 2.65. The lowest BCUT2D eigenvalue weighted by molar-refractivity contribution is 0.0953. The molecule has 2 aromatic rings. The van der Waals surface area contributed by atoms with Crippen molar-refractivity contribution in [3.05, 3.63) is 42.0 Å². The fourth-order valence-corrected chi connectivity index (χ4v) is 3.67. The van der Waals surface area contributed by atoms with Gasteiger partial charge in [0.15, 0.2) is 11.5 Å². The maximum absolute atomic E-state index is 12.4. The molecular weight excluding hydrogens is 412 g/mol. The average Bonchev–Trinajstić information content (AvgIpc) is 2.76. The van der Waals surface area contributed by atoms with E-state index in [-0.39, 0.29) is 18.0 Å². The van der Waals surface area contributed by atoms with E-state index in [0.717, 1.165) is 0 Å². The summed E-state index contributed by atoms with van der Waals surface area (Å²) in [7, 11) is 0.677. The van der Waals surface area contributed by atoms with Crippen molar-refractivity contribution in [3.8, 4) is 23.0 Å². The molecule has 0 atom stereocenters. The van der Waals surface area contributed by atoms with Gasteiger partial charge in [0, 0.05) is 18.7 Å². The highest BCUT2D eigenvalue weighted by Crippen LogP contribution is 2.38. The molecule has 0 unspecified atom stereocenters. The second kappa shape index (κ2) is 10.7. The number of methoxy groups -OCH3 is 3. The van der Waals surface area contributed by atoms with Gasteiger partial charge in [-0.2, -0.15) is 0 Å². The van der Waals surface area contributed by atoms with Crippen molar-refractivity contribution in [2.45, 2.75) is 11.8 Å². The number of carbonyl (C=O) groups excluding carboxylic acids is 1. The smallest absolute Gasteiger partial charge is 0.251 e. The first kappa shape index (κ1) is 23.3. The minimum absolute atomic E-state index is 0.0196. The van der Waals surface area contributed by atoms with Crippen LogP contribution in [0.2, 0.25) is 0 Å². The van der Waals surface area contributed by atoms with Crippen LogP contribution < -0.4 is 29.0 Å². The Morgan fingerprint density at radius 2 is 1.53 bits per heavy atom. The molecule has 0 fully saturated rings. The molecule has 30 heavy (non-hydrogen) atoms. The molecule has 0 aliphatic rings. The summed E-state index contributed by atoms with van der Waals surface area (Å²) in [5.41, 5.74) is 0.291. The summed E-state index contributed by atoms with van der Waals surface area (Å²) in [4.78, 5) is 12.5. The summed E-state index contributed by atoms with van der Waals surface area (Å²) >= 11 is 0. The SMILES string of the molecule is CCOc1ccc(S(=O)(=O)NCCNC(=O)c2cc(OC)c(OC)c(OC)c2)cc1. The van der Waals surface area contributed by atoms with Gasteiger partial charge in [-0.15, -0.1) is 0 Å². The Labute approximate surface area is 176 Å². The largest absolute Gasteiger partial charge is 0.494 e. The summed E-state index contributed by atoms with van der Waals surface area (Å²) in [5.74, 6) is 1.25. The zero-order chi connectivity index (χ0) is 22.1. The van der Waals surface area contributed by atoms with Crippen LogP contribution in [-0.4, -0.2) is 55.4 Å². The molecule has 0 spiro atoms. The number of benzene rings is 2. The topological polar surface area (TPSA) is 112 Å². The molecule has 0 aliphatic carbocycles. The quantitative estimate of drug-likeness (QED) is 0.515. The molecule has 0 heterocycles. The van der Waals surface area contributed by atoms with Crippen LogP contribution in [0.3, 0.4) is 0 Å². The van der Waals surface area contributed by atoms with Gasteiger partial charge in [0.05, 0.1) is 32.8 Å². The molecule has 0 radical (unpaired) electrons. The second-order valence-corrected chi connectivity index (χ2v) is 7.74. The van der Waals surface area contributed by atoms with Crippen molar-refractivity contribution in [3.63, 3.8) is 0 Å². The Hall–Kier alpha value is -2.98. The first-order valence-electron chi connectivity index (χ1n) is 9.17. The minimum atomic E-state index is -3.70. The van der Waals surface area contributed by atoms with Crippen LogP contribution in [0.1, 0.15) is 17.3 Å². The lowest BCUT2D eigenvalue weighted by Crippen LogP contribution is -2.34. The van der Waals surface area contributed by atoms with Gasteiger partial charge in [-0.05, 0) is 43.3 Å². The highest BCUT2D eigenvalue weighted by Gasteiger charge is 2.17. The van der Waals surface area contributed by atoms with Gasteiger partial charge < -0.3 is 24.3 Å². The van der Waals surface area contributed by atoms with Crippen molar-refractivity contribution < 1.29 is 32.2 Å². The lowest BCUT2D eigenvalue weighted by atomic mass is 10.1. The minimum Gasteiger partial charge on any atom is -0.494 e. The zero-order valence-electron chi connectivity index (χ0n) is 17.4. The summed E-state index contributed by atoms with van der Waals surface area (Å²) < 4.78 is 48.1. The van der Waals surface area contributed by atoms with E-state index in [2.05, 4.69) is 10.0 Å². The summed E-state index contributed by atoms with van der Waals surface area (Å²) in [6.07, 6.45) is 0. The third-order valence-corrected chi connectivity index (χ3v) is 5.55. The Balaban J connectivity index is 1.95. The number of hydrogen-bond donors (Lipinski definition) is 2. The van der Waals surface area contributed by atoms with Gasteiger partial charge >= 0.3 is 0 Å². The number of rotatable bonds is 11. The fourth-order valence-electron chi connectivity index (χ4n) is 2.64. The molecule has 2 rings (SSSR count). The monoisotopic (exact) mass is 438 g/mol. The van der Waals surface area contributed by atoms with Gasteiger partial charge in [0.25, 0.3) is 5.91 Å². The van der Waals surface area contributed by atoms with E-state index in [1.165, 1.54) is 45.6 Å². The Kier molecular flexibility index (Phi) is 8.31. The molecule has 0 saturated heterocycles. The van der Waals surface area contributed by atoms with Crippen LogP contribution in [0.25, 0.3) is 0 Å². The number of carbonyl (C=O) groups is 1. The van der Waals surface area contributed by atoms with E-state index in [1.807, 2.05) is 6.92 Å². The molecule has 0 saturated carbocycles. The number of nitrogens with one attached hydrogen (secondary N) is 2. The predicted molar refractivity (Wildman–Crippen MR) is 111 cm³/mol. The van der Waals surface area contributed by atoms with Crippen LogP contribution in [0.4, 0.5) is 0 Å². The lowest BCUT2D eigenvalue weighted by Gasteiger charge is -2.14. The fraction of sp³-hybridized carbons (Fsp3) is 0.350. The highest BCUT2D eigenvalue weighted by atomic mass is 32.2. The summed E-state index contributed by atoms with van der Waals surface area (Å²) in [6, 6.07) is 9.12. The maximum atomic E-state index is 12.4. The zero-order valence-corrected chi connectivity index (χ0v) is 18.2. The summed E-state index contributed by atoms with van der Waals surface area (Å²) in [6.45, 7) is 2.45. The van der Waals surface area contributed by atoms with Crippen LogP contribution in [-0.2, 0) is 10.0 Å². The van der Waals surface area contributed by atoms with Gasteiger partial charge in [0.1, 0.15) is 5.75 Å². The van der Waals surface area contributed by atoms with E-state index in [1.54, 1.807) is 12.1 Å². The Bertz CT molecular complexity index is 935. The standard InChI is InChI=1S/C20H26N2O7S/c1-5-29-15-6-8-16(9-7-15)30(24,25)22-11-10-21-20(23)14-12-17(26-2)19(28-4)18(13-14)27-3/h6-9,12-13,22H,5,10-11H2,1-4H3,(H,21,23). The van der Waals surface area contributed by atoms with E-state index in [0.29, 0.717) is 35.2 Å². The molecule has 9 nitrogen and oxygen atoms in total. The average molecular weight is 439 g/mol. The molecule has 2 aromatic carbocycles. The molecule has 164 valence electrons. The third kappa shape index (κ3) is 5.77. The van der Waals surface area contributed by atoms with Crippen LogP contribution in [0, 0.1) is 0 Å². The molecule has 0 aromatic heterocycles. The normalized spacial score (nSPS) is 10.9. The molecular formula is C20H26N2O7S.